The van der Waals surface area contributed by atoms with Crippen molar-refractivity contribution in [1.82, 2.24) is 10.3 Å². The number of nitrogens with zero attached hydrogens (tertiary/aromatic N) is 1. The summed E-state index contributed by atoms with van der Waals surface area (Å²) >= 11 is 5.95. The van der Waals surface area contributed by atoms with Crippen molar-refractivity contribution in [2.75, 3.05) is 6.54 Å². The van der Waals surface area contributed by atoms with E-state index < -0.39 is 0 Å². The molecule has 0 atom stereocenters. The Morgan fingerprint density at radius 2 is 2.43 bits per heavy atom. The monoisotopic (exact) mass is 210 g/mol. The maximum Gasteiger partial charge on any atom is 0.0634 e. The molecule has 0 spiro atoms. The SMILES string of the molecule is C/C=C/CCNCc1ccncc1Cl. The molecule has 1 heterocycles. The van der Waals surface area contributed by atoms with Gasteiger partial charge < -0.3 is 5.32 Å². The number of allylic oxidation sites excluding steroid dienone is 1. The number of hydrogen-bond donors (Lipinski definition) is 1. The van der Waals surface area contributed by atoms with Gasteiger partial charge in [0, 0.05) is 18.9 Å². The molecule has 0 amide bonds. The molecule has 0 unspecified atom stereocenters. The lowest BCUT2D eigenvalue weighted by Gasteiger charge is -2.04. The highest BCUT2D eigenvalue weighted by Crippen LogP contribution is 2.12. The zero-order valence-electron chi connectivity index (χ0n) is 8.33. The lowest BCUT2D eigenvalue weighted by Crippen LogP contribution is -2.14. The second-order valence-corrected chi connectivity index (χ2v) is 3.41. The molecule has 3 heteroatoms. The molecule has 14 heavy (non-hydrogen) atoms. The van der Waals surface area contributed by atoms with Gasteiger partial charge in [0.15, 0.2) is 0 Å². The number of nitrogens with one attached hydrogen (secondary N) is 1. The van der Waals surface area contributed by atoms with Gasteiger partial charge in [-0.05, 0) is 31.5 Å². The highest BCUT2D eigenvalue weighted by molar-refractivity contribution is 6.31. The van der Waals surface area contributed by atoms with Crippen molar-refractivity contribution in [2.24, 2.45) is 0 Å². The van der Waals surface area contributed by atoms with Gasteiger partial charge >= 0.3 is 0 Å². The molecule has 1 aromatic heterocycles. The average molecular weight is 211 g/mol. The van der Waals surface area contributed by atoms with E-state index in [1.807, 2.05) is 13.0 Å². The first-order valence-corrected chi connectivity index (χ1v) is 5.12. The number of hydrogen-bond acceptors (Lipinski definition) is 2. The molecule has 1 aromatic rings. The Balaban J connectivity index is 2.28. The van der Waals surface area contributed by atoms with E-state index >= 15 is 0 Å². The molecule has 0 fully saturated rings. The Hall–Kier alpha value is -0.860. The minimum Gasteiger partial charge on any atom is -0.312 e. The third-order valence-electron chi connectivity index (χ3n) is 1.90. The van der Waals surface area contributed by atoms with Crippen LogP contribution in [0, 0.1) is 0 Å². The zero-order chi connectivity index (χ0) is 10.2. The van der Waals surface area contributed by atoms with Crippen LogP contribution in [0.3, 0.4) is 0 Å². The van der Waals surface area contributed by atoms with Crippen molar-refractivity contribution in [3.8, 4) is 0 Å². The lowest BCUT2D eigenvalue weighted by atomic mass is 10.2. The molecule has 1 N–H and O–H groups in total. The smallest absolute Gasteiger partial charge is 0.0634 e. The minimum absolute atomic E-state index is 0.728. The van der Waals surface area contributed by atoms with Crippen LogP contribution in [0.2, 0.25) is 5.02 Å². The normalized spacial score (nSPS) is 11.0. The molecular formula is C11H15ClN2. The van der Waals surface area contributed by atoms with Gasteiger partial charge in [0.2, 0.25) is 0 Å². The van der Waals surface area contributed by atoms with Gasteiger partial charge in [0.05, 0.1) is 5.02 Å². The van der Waals surface area contributed by atoms with Gasteiger partial charge in [-0.3, -0.25) is 4.98 Å². The van der Waals surface area contributed by atoms with Crippen LogP contribution < -0.4 is 5.32 Å². The van der Waals surface area contributed by atoms with Gasteiger partial charge in [0.25, 0.3) is 0 Å². The summed E-state index contributed by atoms with van der Waals surface area (Å²) in [6.07, 6.45) is 8.68. The molecule has 0 aliphatic heterocycles. The second-order valence-electron chi connectivity index (χ2n) is 3.00. The molecule has 2 nitrogen and oxygen atoms in total. The molecule has 0 saturated heterocycles. The number of aromatic nitrogens is 1. The Kier molecular flexibility index (Phi) is 5.27. The van der Waals surface area contributed by atoms with E-state index in [2.05, 4.69) is 22.5 Å². The summed E-state index contributed by atoms with van der Waals surface area (Å²) in [5.41, 5.74) is 1.10. The van der Waals surface area contributed by atoms with E-state index in [4.69, 9.17) is 11.6 Å². The summed E-state index contributed by atoms with van der Waals surface area (Å²) in [6.45, 7) is 3.81. The summed E-state index contributed by atoms with van der Waals surface area (Å²) in [4.78, 5) is 3.93. The quantitative estimate of drug-likeness (QED) is 0.597. The summed E-state index contributed by atoms with van der Waals surface area (Å²) in [5.74, 6) is 0. The van der Waals surface area contributed by atoms with Crippen molar-refractivity contribution in [3.05, 3.63) is 41.2 Å². The maximum absolute atomic E-state index is 5.95. The molecule has 0 aliphatic carbocycles. The fraction of sp³-hybridized carbons (Fsp3) is 0.364. The van der Waals surface area contributed by atoms with Crippen molar-refractivity contribution in [1.29, 1.82) is 0 Å². The van der Waals surface area contributed by atoms with Gasteiger partial charge in [-0.25, -0.2) is 0 Å². The maximum atomic E-state index is 5.95. The van der Waals surface area contributed by atoms with Crippen LogP contribution in [0.5, 0.6) is 0 Å². The van der Waals surface area contributed by atoms with E-state index in [1.165, 1.54) is 0 Å². The summed E-state index contributed by atoms with van der Waals surface area (Å²) in [5, 5.41) is 4.04. The predicted molar refractivity (Wildman–Crippen MR) is 60.4 cm³/mol. The molecule has 76 valence electrons. The van der Waals surface area contributed by atoms with Crippen molar-refractivity contribution in [3.63, 3.8) is 0 Å². The van der Waals surface area contributed by atoms with E-state index in [9.17, 15) is 0 Å². The summed E-state index contributed by atoms with van der Waals surface area (Å²) in [7, 11) is 0. The first-order chi connectivity index (χ1) is 6.84. The third-order valence-corrected chi connectivity index (χ3v) is 2.24. The standard InChI is InChI=1S/C11H15ClN2/c1-2-3-4-6-13-8-10-5-7-14-9-11(10)12/h2-3,5,7,9,13H,4,6,8H2,1H3/b3-2+. The van der Waals surface area contributed by atoms with E-state index in [0.717, 1.165) is 30.1 Å². The van der Waals surface area contributed by atoms with Crippen LogP contribution in [0.1, 0.15) is 18.9 Å². The fourth-order valence-corrected chi connectivity index (χ4v) is 1.31. The minimum atomic E-state index is 0.728. The van der Waals surface area contributed by atoms with Crippen LogP contribution in [-0.2, 0) is 6.54 Å². The number of rotatable bonds is 5. The van der Waals surface area contributed by atoms with Crippen LogP contribution in [0.15, 0.2) is 30.6 Å². The number of halogens is 1. The topological polar surface area (TPSA) is 24.9 Å². The third kappa shape index (κ3) is 3.90. The molecular weight excluding hydrogens is 196 g/mol. The van der Waals surface area contributed by atoms with Gasteiger partial charge in [0.1, 0.15) is 0 Å². The largest absolute Gasteiger partial charge is 0.312 e. The molecule has 0 radical (unpaired) electrons. The summed E-state index contributed by atoms with van der Waals surface area (Å²) < 4.78 is 0. The average Bonchev–Trinajstić information content (AvgIpc) is 2.20. The molecule has 0 aromatic carbocycles. The molecule has 0 bridgehead atoms. The van der Waals surface area contributed by atoms with Crippen LogP contribution >= 0.6 is 11.6 Å². The lowest BCUT2D eigenvalue weighted by molar-refractivity contribution is 0.694. The van der Waals surface area contributed by atoms with Crippen LogP contribution in [-0.4, -0.2) is 11.5 Å². The highest BCUT2D eigenvalue weighted by atomic mass is 35.5. The first-order valence-electron chi connectivity index (χ1n) is 4.75. The van der Waals surface area contributed by atoms with Gasteiger partial charge in [-0.2, -0.15) is 0 Å². The van der Waals surface area contributed by atoms with Gasteiger partial charge in [-0.1, -0.05) is 23.8 Å². The van der Waals surface area contributed by atoms with E-state index in [0.29, 0.717) is 0 Å². The molecule has 0 aliphatic rings. The first kappa shape index (κ1) is 11.2. The zero-order valence-corrected chi connectivity index (χ0v) is 9.09. The van der Waals surface area contributed by atoms with E-state index in [-0.39, 0.29) is 0 Å². The predicted octanol–water partition coefficient (Wildman–Crippen LogP) is 2.79. The Bertz CT molecular complexity index is 297. The van der Waals surface area contributed by atoms with Crippen LogP contribution in [0.4, 0.5) is 0 Å². The highest BCUT2D eigenvalue weighted by Gasteiger charge is 1.97. The second kappa shape index (κ2) is 6.57. The fourth-order valence-electron chi connectivity index (χ4n) is 1.12. The van der Waals surface area contributed by atoms with E-state index in [1.54, 1.807) is 12.4 Å². The summed E-state index contributed by atoms with van der Waals surface area (Å²) in [6, 6.07) is 1.94. The molecule has 1 rings (SSSR count). The Morgan fingerprint density at radius 1 is 1.57 bits per heavy atom. The van der Waals surface area contributed by atoms with Gasteiger partial charge in [-0.15, -0.1) is 0 Å². The van der Waals surface area contributed by atoms with Crippen molar-refractivity contribution >= 4 is 11.6 Å². The van der Waals surface area contributed by atoms with Crippen molar-refractivity contribution in [2.45, 2.75) is 19.9 Å². The number of pyridine rings is 1. The van der Waals surface area contributed by atoms with Crippen LogP contribution in [0.25, 0.3) is 0 Å². The Morgan fingerprint density at radius 3 is 3.14 bits per heavy atom. The van der Waals surface area contributed by atoms with Crippen molar-refractivity contribution < 1.29 is 0 Å². The molecule has 0 saturated carbocycles. The Labute approximate surface area is 90.0 Å².